The van der Waals surface area contributed by atoms with Crippen LogP contribution in [0.25, 0.3) is 22.4 Å². The molecule has 0 nitrogen and oxygen atoms in total. The SMILES string of the molecule is CC1(C)C=CC2=c3c([c]cc4ccccc34)=CC2=C1. The van der Waals surface area contributed by atoms with Gasteiger partial charge in [-0.2, -0.15) is 0 Å². The first-order valence-corrected chi connectivity index (χ1v) is 6.72. The van der Waals surface area contributed by atoms with Crippen LogP contribution in [-0.4, -0.2) is 0 Å². The van der Waals surface area contributed by atoms with Gasteiger partial charge in [-0.3, -0.25) is 0 Å². The fourth-order valence-corrected chi connectivity index (χ4v) is 3.05. The van der Waals surface area contributed by atoms with E-state index in [0.717, 1.165) is 0 Å². The van der Waals surface area contributed by atoms with Crippen molar-refractivity contribution in [3.8, 4) is 0 Å². The lowest BCUT2D eigenvalue weighted by atomic mass is 9.84. The van der Waals surface area contributed by atoms with Crippen molar-refractivity contribution >= 4 is 22.4 Å². The Balaban J connectivity index is 2.20. The molecule has 2 aromatic carbocycles. The summed E-state index contributed by atoms with van der Waals surface area (Å²) >= 11 is 0. The van der Waals surface area contributed by atoms with Gasteiger partial charge in [-0.15, -0.1) is 0 Å². The maximum Gasteiger partial charge on any atom is 0.00169 e. The van der Waals surface area contributed by atoms with Crippen molar-refractivity contribution in [2.45, 2.75) is 13.8 Å². The van der Waals surface area contributed by atoms with Crippen LogP contribution in [0.4, 0.5) is 0 Å². The average Bonchev–Trinajstić information content (AvgIpc) is 2.74. The second-order valence-corrected chi connectivity index (χ2v) is 5.98. The molecule has 0 saturated heterocycles. The zero-order valence-electron chi connectivity index (χ0n) is 11.2. The first-order valence-electron chi connectivity index (χ1n) is 6.72. The van der Waals surface area contributed by atoms with E-state index in [2.05, 4.69) is 74.5 Å². The molecule has 0 unspecified atom stereocenters. The second-order valence-electron chi connectivity index (χ2n) is 5.98. The second kappa shape index (κ2) is 3.48. The third-order valence-electron chi connectivity index (χ3n) is 3.97. The Morgan fingerprint density at radius 1 is 1.11 bits per heavy atom. The van der Waals surface area contributed by atoms with Gasteiger partial charge < -0.3 is 0 Å². The average molecular weight is 243 g/mol. The number of benzene rings is 2. The van der Waals surface area contributed by atoms with Gasteiger partial charge in [-0.05, 0) is 50.6 Å². The maximum absolute atomic E-state index is 3.42. The fourth-order valence-electron chi connectivity index (χ4n) is 3.05. The van der Waals surface area contributed by atoms with Crippen LogP contribution in [0.2, 0.25) is 0 Å². The summed E-state index contributed by atoms with van der Waals surface area (Å²) in [4.78, 5) is 0. The highest BCUT2D eigenvalue weighted by Crippen LogP contribution is 2.32. The maximum atomic E-state index is 3.42. The van der Waals surface area contributed by atoms with E-state index < -0.39 is 0 Å². The Kier molecular flexibility index (Phi) is 1.98. The minimum Gasteiger partial charge on any atom is -0.0744 e. The van der Waals surface area contributed by atoms with Crippen molar-refractivity contribution in [1.29, 1.82) is 0 Å². The lowest BCUT2D eigenvalue weighted by Gasteiger charge is -2.21. The standard InChI is InChI=1S/C19H15/c1-19(2)10-9-17-15(12-19)11-14-8-7-13-5-3-4-6-16(13)18(14)17/h3-7,9-12H,1-2H3. The molecule has 4 rings (SSSR count). The molecule has 0 saturated carbocycles. The van der Waals surface area contributed by atoms with Gasteiger partial charge in [0.1, 0.15) is 0 Å². The van der Waals surface area contributed by atoms with Crippen LogP contribution in [0.5, 0.6) is 0 Å². The quantitative estimate of drug-likeness (QED) is 0.667. The highest BCUT2D eigenvalue weighted by Gasteiger charge is 2.20. The molecule has 0 bridgehead atoms. The van der Waals surface area contributed by atoms with Crippen molar-refractivity contribution in [3.63, 3.8) is 0 Å². The van der Waals surface area contributed by atoms with Crippen LogP contribution in [0.1, 0.15) is 13.8 Å². The highest BCUT2D eigenvalue weighted by molar-refractivity contribution is 5.96. The molecule has 0 heterocycles. The molecule has 1 radical (unpaired) electrons. The van der Waals surface area contributed by atoms with E-state index in [-0.39, 0.29) is 5.41 Å². The third-order valence-corrected chi connectivity index (χ3v) is 3.97. The van der Waals surface area contributed by atoms with Gasteiger partial charge in [-0.1, -0.05) is 56.3 Å². The normalized spacial score (nSPS) is 18.8. The van der Waals surface area contributed by atoms with Crippen molar-refractivity contribution in [1.82, 2.24) is 0 Å². The van der Waals surface area contributed by atoms with E-state index >= 15 is 0 Å². The summed E-state index contributed by atoms with van der Waals surface area (Å²) < 4.78 is 0. The van der Waals surface area contributed by atoms with Crippen molar-refractivity contribution < 1.29 is 0 Å². The summed E-state index contributed by atoms with van der Waals surface area (Å²) in [6.45, 7) is 4.48. The van der Waals surface area contributed by atoms with E-state index in [1.165, 1.54) is 32.4 Å². The van der Waals surface area contributed by atoms with Crippen molar-refractivity contribution in [2.24, 2.45) is 5.41 Å². The third kappa shape index (κ3) is 1.53. The minimum atomic E-state index is 0.146. The predicted octanol–water partition coefficient (Wildman–Crippen LogP) is 3.11. The van der Waals surface area contributed by atoms with Crippen molar-refractivity contribution in [2.75, 3.05) is 0 Å². The minimum absolute atomic E-state index is 0.146. The van der Waals surface area contributed by atoms with E-state index in [1.807, 2.05) is 0 Å². The summed E-state index contributed by atoms with van der Waals surface area (Å²) in [6.07, 6.45) is 9.18. The Labute approximate surface area is 113 Å². The molecule has 0 aliphatic heterocycles. The summed E-state index contributed by atoms with van der Waals surface area (Å²) in [6, 6.07) is 14.1. The first-order chi connectivity index (χ1) is 9.14. The van der Waals surface area contributed by atoms with Crippen LogP contribution in [0.15, 0.2) is 54.1 Å². The number of hydrogen-bond acceptors (Lipinski definition) is 0. The summed E-state index contributed by atoms with van der Waals surface area (Å²) in [5.74, 6) is 0. The molecule has 2 aromatic rings. The lowest BCUT2D eigenvalue weighted by molar-refractivity contribution is 0.621. The Bertz CT molecular complexity index is 874. The summed E-state index contributed by atoms with van der Waals surface area (Å²) in [5.41, 5.74) is 2.84. The van der Waals surface area contributed by atoms with Gasteiger partial charge in [0, 0.05) is 5.41 Å². The largest absolute Gasteiger partial charge is 0.0744 e. The zero-order chi connectivity index (χ0) is 13.0. The van der Waals surface area contributed by atoms with Crippen LogP contribution in [0.3, 0.4) is 0 Å². The van der Waals surface area contributed by atoms with Gasteiger partial charge in [0.15, 0.2) is 0 Å². The number of rotatable bonds is 0. The first kappa shape index (κ1) is 10.8. The molecule has 2 aliphatic rings. The monoisotopic (exact) mass is 243 g/mol. The van der Waals surface area contributed by atoms with E-state index in [9.17, 15) is 0 Å². The summed E-state index contributed by atoms with van der Waals surface area (Å²) in [7, 11) is 0. The molecular weight excluding hydrogens is 228 g/mol. The van der Waals surface area contributed by atoms with Gasteiger partial charge in [0.05, 0.1) is 0 Å². The zero-order valence-corrected chi connectivity index (χ0v) is 11.2. The molecule has 0 heteroatoms. The number of fused-ring (bicyclic) bond motifs is 4. The topological polar surface area (TPSA) is 0 Å². The molecule has 19 heavy (non-hydrogen) atoms. The van der Waals surface area contributed by atoms with Gasteiger partial charge in [-0.25, -0.2) is 0 Å². The predicted molar refractivity (Wildman–Crippen MR) is 80.9 cm³/mol. The molecule has 2 aliphatic carbocycles. The Hall–Kier alpha value is -2.08. The lowest BCUT2D eigenvalue weighted by Crippen LogP contribution is -2.24. The van der Waals surface area contributed by atoms with Crippen LogP contribution >= 0.6 is 0 Å². The molecular formula is C19H15. The van der Waals surface area contributed by atoms with E-state index in [4.69, 9.17) is 0 Å². The molecule has 0 atom stereocenters. The van der Waals surface area contributed by atoms with Gasteiger partial charge >= 0.3 is 0 Å². The molecule has 0 amide bonds. The van der Waals surface area contributed by atoms with Crippen LogP contribution in [-0.2, 0) is 0 Å². The Morgan fingerprint density at radius 2 is 1.95 bits per heavy atom. The highest BCUT2D eigenvalue weighted by atomic mass is 14.2. The number of hydrogen-bond donors (Lipinski definition) is 0. The molecule has 0 N–H and O–H groups in total. The molecule has 0 spiro atoms. The summed E-state index contributed by atoms with van der Waals surface area (Å²) in [5, 5.41) is 5.16. The molecule has 0 fully saturated rings. The van der Waals surface area contributed by atoms with E-state index in [0.29, 0.717) is 0 Å². The van der Waals surface area contributed by atoms with Gasteiger partial charge in [0.2, 0.25) is 0 Å². The van der Waals surface area contributed by atoms with Gasteiger partial charge in [0.25, 0.3) is 0 Å². The van der Waals surface area contributed by atoms with E-state index in [1.54, 1.807) is 0 Å². The smallest absolute Gasteiger partial charge is 0.00169 e. The van der Waals surface area contributed by atoms with Crippen LogP contribution < -0.4 is 10.4 Å². The number of allylic oxidation sites excluding steroid dienone is 4. The Morgan fingerprint density at radius 3 is 2.84 bits per heavy atom. The molecule has 91 valence electrons. The van der Waals surface area contributed by atoms with Crippen LogP contribution in [0, 0.1) is 11.5 Å². The van der Waals surface area contributed by atoms with Crippen molar-refractivity contribution in [3.05, 3.63) is 70.6 Å². The molecule has 0 aromatic heterocycles. The fraction of sp³-hybridized carbons (Fsp3) is 0.158.